The van der Waals surface area contributed by atoms with Crippen LogP contribution in [0.25, 0.3) is 22.3 Å². The minimum absolute atomic E-state index is 0.150. The van der Waals surface area contributed by atoms with Crippen molar-refractivity contribution in [1.82, 2.24) is 0 Å². The summed E-state index contributed by atoms with van der Waals surface area (Å²) in [6, 6.07) is 59.1. The number of hydrogen-bond donors (Lipinski definition) is 4. The summed E-state index contributed by atoms with van der Waals surface area (Å²) in [5.74, 6) is 22.6. The summed E-state index contributed by atoms with van der Waals surface area (Å²) in [6.07, 6.45) is 18.0. The maximum Gasteiger partial charge on any atom is 0.335 e. The molecular weight excluding hydrogens is 1900 g/mol. The molecule has 11 aromatic rings. The summed E-state index contributed by atoms with van der Waals surface area (Å²) in [6.45, 7) is 18.2. The lowest BCUT2D eigenvalue weighted by Gasteiger charge is -2.14. The molecule has 27 heteroatoms. The summed E-state index contributed by atoms with van der Waals surface area (Å²) in [5.41, 5.74) is 14.7. The van der Waals surface area contributed by atoms with E-state index in [0.29, 0.717) is 150 Å². The van der Waals surface area contributed by atoms with Crippen LogP contribution in [0.3, 0.4) is 0 Å². The van der Waals surface area contributed by atoms with Crippen molar-refractivity contribution in [3.8, 4) is 81.1 Å². The van der Waals surface area contributed by atoms with Crippen LogP contribution < -0.4 is 27.7 Å². The lowest BCUT2D eigenvalue weighted by molar-refractivity contribution is -0.689. The summed E-state index contributed by atoms with van der Waals surface area (Å²) in [4.78, 5) is 48.2. The number of carbonyl (C=O) groups is 4. The number of nitrogens with zero attached hydrogens (tertiary/aromatic N) is 4. The SMILES string of the molecule is CC(C)I.CCC.O=C(O)c1ccc(C#Cc2cc3c(C#Cc4ccc(C(=O)O)cc4)cc2C[n+]2ccc(cc2)-c2cc[n+](cc2)Cc2ccc(cc2)C[n+]2ccc(cc2)-c2cc[n+](cc2)C3)cc1.O=C(O)c1ccc(C#Cc2cc3c(C#Cc4ccc(C(=O)O)cc4)cc2OCCOCCOCCOCCOCC2=CS/C(=C4/SC=C(COCCOCCOCCOCCO3)S4)S2)cc1. The highest BCUT2D eigenvalue weighted by Gasteiger charge is 2.24. The Hall–Kier alpha value is -12.1. The van der Waals surface area contributed by atoms with Crippen molar-refractivity contribution in [2.24, 2.45) is 0 Å². The van der Waals surface area contributed by atoms with Crippen LogP contribution in [0.1, 0.15) is 142 Å². The lowest BCUT2D eigenvalue weighted by Crippen LogP contribution is -2.35. The third-order valence-corrected chi connectivity index (χ3v) is 25.2. The molecule has 0 saturated heterocycles. The van der Waals surface area contributed by atoms with Crippen LogP contribution in [-0.4, -0.2) is 167 Å². The Morgan fingerprint density at radius 2 is 0.563 bits per heavy atom. The van der Waals surface area contributed by atoms with Crippen LogP contribution >= 0.6 is 69.6 Å². The molecule has 0 spiro atoms. The Labute approximate surface area is 818 Å². The third-order valence-electron chi connectivity index (χ3n) is 19.9. The second kappa shape index (κ2) is 55.0. The number of fused-ring (bicyclic) bond motifs is 28. The summed E-state index contributed by atoms with van der Waals surface area (Å²) in [7, 11) is 0. The number of alkyl halides is 1. The highest BCUT2D eigenvalue weighted by molar-refractivity contribution is 14.1. The van der Waals surface area contributed by atoms with E-state index in [-0.39, 0.29) is 48.7 Å². The van der Waals surface area contributed by atoms with E-state index in [1.54, 1.807) is 132 Å². The van der Waals surface area contributed by atoms with Crippen molar-refractivity contribution in [2.75, 3.05) is 119 Å². The number of pyridine rings is 4. The van der Waals surface area contributed by atoms with Crippen LogP contribution in [0, 0.1) is 47.4 Å². The topological polar surface area (TPSA) is 257 Å². The van der Waals surface area contributed by atoms with Crippen molar-refractivity contribution >= 4 is 93.5 Å². The number of aromatic carboxylic acids is 4. The van der Waals surface area contributed by atoms with E-state index in [1.807, 2.05) is 0 Å². The van der Waals surface area contributed by atoms with Gasteiger partial charge in [-0.05, 0) is 142 Å². The number of carboxylic acid groups (broad SMARTS) is 4. The van der Waals surface area contributed by atoms with E-state index in [9.17, 15) is 39.6 Å². The molecule has 4 N–H and O–H groups in total. The number of carboxylic acids is 4. The van der Waals surface area contributed by atoms with Gasteiger partial charge in [0, 0.05) is 130 Å². The molecule has 0 aliphatic carbocycles. The Bertz CT molecular complexity index is 5800. The second-order valence-electron chi connectivity index (χ2n) is 30.8. The van der Waals surface area contributed by atoms with Crippen molar-refractivity contribution in [3.05, 3.63) is 362 Å². The first-order valence-corrected chi connectivity index (χ1v) is 48.6. The summed E-state index contributed by atoms with van der Waals surface area (Å²) < 4.78 is 70.3. The molecule has 20 aliphatic rings. The number of benzene rings is 7. The molecule has 20 aliphatic heterocycles. The van der Waals surface area contributed by atoms with Gasteiger partial charge in [0.25, 0.3) is 0 Å². The smallest absolute Gasteiger partial charge is 0.335 e. The van der Waals surface area contributed by atoms with Crippen molar-refractivity contribution in [3.63, 3.8) is 0 Å². The zero-order chi connectivity index (χ0) is 94.7. The fourth-order valence-electron chi connectivity index (χ4n) is 13.1. The van der Waals surface area contributed by atoms with Crippen LogP contribution in [0.2, 0.25) is 0 Å². The number of halogens is 1. The van der Waals surface area contributed by atoms with Gasteiger partial charge < -0.3 is 67.8 Å². The van der Waals surface area contributed by atoms with E-state index in [4.69, 9.17) is 47.4 Å². The van der Waals surface area contributed by atoms with Crippen LogP contribution in [0.5, 0.6) is 11.5 Å². The highest BCUT2D eigenvalue weighted by Crippen LogP contribution is 2.55. The molecule has 0 amide bonds. The molecule has 0 fully saturated rings. The zero-order valence-electron chi connectivity index (χ0n) is 75.4. The lowest BCUT2D eigenvalue weighted by atomic mass is 9.97. The predicted molar refractivity (Wildman–Crippen MR) is 534 cm³/mol. The zero-order valence-corrected chi connectivity index (χ0v) is 80.8. The summed E-state index contributed by atoms with van der Waals surface area (Å²) in [5, 5.41) is 41.8. The maximum atomic E-state index is 11.5. The summed E-state index contributed by atoms with van der Waals surface area (Å²) >= 11 is 9.29. The first-order chi connectivity index (χ1) is 65.8. The molecule has 7 aromatic carbocycles. The minimum atomic E-state index is -1.03. The number of hydrogen-bond acceptors (Lipinski definition) is 18. The van der Waals surface area contributed by atoms with E-state index in [1.165, 1.54) is 60.1 Å². The molecule has 0 unspecified atom stereocenters. The Kier molecular flexibility index (Phi) is 41.5. The monoisotopic (exact) mass is 2000 g/mol. The van der Waals surface area contributed by atoms with Gasteiger partial charge >= 0.3 is 23.9 Å². The van der Waals surface area contributed by atoms with Gasteiger partial charge in [-0.1, -0.05) is 175 Å². The molecule has 4 aromatic heterocycles. The quantitative estimate of drug-likeness (QED) is 0.0420. The average molecular weight is 2000 g/mol. The Morgan fingerprint density at radius 1 is 0.326 bits per heavy atom. The molecule has 135 heavy (non-hydrogen) atoms. The molecule has 18 bridgehead atoms. The highest BCUT2D eigenvalue weighted by atomic mass is 127. The standard InChI is InChI=1S/C54H38N4O4.C48H50O14S4.C3H7I.C3H8/c59-53(60)47-11-5-39(6-12-47)9-15-49-34-52-38-58-31-23-46(24-32-58)44-19-27-56(28-20-44)36-42-2-1-41(3-4-42)35-55-25-17-43(18-26-55)45-21-29-57(30-22-45)37-51(49)33-50(52)16-10-40-7-13-48(14-8-40)54(61)62;49-45(50)37-7-1-35(2-8-37)5-11-39-29-44-40(12-6-36-3-9-38(10-4-36)46(51)52)30-43(39)61-27-25-57-19-17-53-13-15-55-21-23-59-31-41-33-63-47(65-41)48-64-34-42(66-48)32-60-24-22-56-16-14-54-18-20-58-26-28-62-44;1-3(2)4;1-3-2/h1-8,11-14,17-34H,35-38H2;1-4,7-10,29-30,33-34H,13-28,31-32H2,(H,49,50)(H,51,52);3H,1-2H3;3H2,1-2H3/q+2;;;/p+2/b;48-47+;;. The molecule has 0 saturated carbocycles. The first kappa shape index (κ1) is 102. The van der Waals surface area contributed by atoms with Gasteiger partial charge in [-0.3, -0.25) is 0 Å². The predicted octanol–water partition coefficient (Wildman–Crippen LogP) is 17.7. The van der Waals surface area contributed by atoms with Gasteiger partial charge in [0.1, 0.15) is 24.7 Å². The average Bonchev–Trinajstić information content (AvgIpc) is 1.40. The Balaban J connectivity index is 0.000000228. The molecular formula is C108H105IN4O18S4+4. The molecule has 24 heterocycles. The normalized spacial score (nSPS) is 15.2. The molecule has 692 valence electrons. The maximum absolute atomic E-state index is 11.5. The van der Waals surface area contributed by atoms with Gasteiger partial charge in [0.2, 0.25) is 0 Å². The number of thioether (sulfide) groups is 4. The molecule has 0 atom stereocenters. The van der Waals surface area contributed by atoms with Crippen molar-refractivity contribution in [2.45, 2.75) is 64.2 Å². The van der Waals surface area contributed by atoms with Gasteiger partial charge in [-0.15, -0.1) is 0 Å². The van der Waals surface area contributed by atoms with Crippen LogP contribution in [-0.2, 0) is 64.1 Å². The van der Waals surface area contributed by atoms with Crippen molar-refractivity contribution in [1.29, 1.82) is 0 Å². The number of ether oxygens (including phenoxy) is 10. The van der Waals surface area contributed by atoms with E-state index >= 15 is 0 Å². The van der Waals surface area contributed by atoms with Crippen molar-refractivity contribution < 1.29 is 105 Å². The Morgan fingerprint density at radius 3 is 0.822 bits per heavy atom. The first-order valence-electron chi connectivity index (χ1n) is 44.0. The van der Waals surface area contributed by atoms with Gasteiger partial charge in [0.15, 0.2) is 75.8 Å². The third kappa shape index (κ3) is 34.3. The minimum Gasteiger partial charge on any atom is -0.490 e. The van der Waals surface area contributed by atoms with Gasteiger partial charge in [-0.25, -0.2) is 37.4 Å². The van der Waals surface area contributed by atoms with Gasteiger partial charge in [0.05, 0.1) is 148 Å². The van der Waals surface area contributed by atoms with Gasteiger partial charge in [-0.2, -0.15) is 0 Å². The van der Waals surface area contributed by atoms with Crippen LogP contribution in [0.4, 0.5) is 0 Å². The fraction of sp³-hybridized carbons (Fsp3) is 0.259. The van der Waals surface area contributed by atoms with E-state index in [0.717, 1.165) is 61.5 Å². The van der Waals surface area contributed by atoms with E-state index < -0.39 is 23.9 Å². The second-order valence-corrected chi connectivity index (χ2v) is 37.8. The molecule has 31 rings (SSSR count). The number of aromatic nitrogens is 4. The largest absolute Gasteiger partial charge is 0.490 e. The van der Waals surface area contributed by atoms with E-state index in [2.05, 4.69) is 261 Å². The van der Waals surface area contributed by atoms with Crippen LogP contribution in [0.15, 0.2) is 273 Å². The molecule has 22 nitrogen and oxygen atoms in total. The fourth-order valence-corrected chi connectivity index (χ4v) is 17.9. The number of rotatable bonds is 4. The molecule has 0 radical (unpaired) electrons.